The quantitative estimate of drug-likeness (QED) is 0.735. The molecular formula is C19H28N2O3. The average Bonchev–Trinajstić information content (AvgIpc) is 2.97. The van der Waals surface area contributed by atoms with Gasteiger partial charge in [-0.2, -0.15) is 0 Å². The van der Waals surface area contributed by atoms with Crippen LogP contribution in [-0.2, 0) is 9.59 Å². The maximum absolute atomic E-state index is 12.7. The number of carbonyl (C=O) groups is 2. The minimum atomic E-state index is -0.234. The van der Waals surface area contributed by atoms with Crippen molar-refractivity contribution in [1.29, 1.82) is 0 Å². The molecule has 0 radical (unpaired) electrons. The van der Waals surface area contributed by atoms with E-state index in [9.17, 15) is 9.59 Å². The number of hydrogen-bond donors (Lipinski definition) is 0. The number of anilines is 1. The summed E-state index contributed by atoms with van der Waals surface area (Å²) in [6.45, 7) is 8.69. The average molecular weight is 332 g/mol. The fourth-order valence-electron chi connectivity index (χ4n) is 3.14. The van der Waals surface area contributed by atoms with Gasteiger partial charge in [-0.1, -0.05) is 13.8 Å². The SMILES string of the molecule is CCCN(CCC)C(=O)[C@@H]1CC(=O)N(c2ccc(OCC)cc2)C1. The number of amides is 2. The van der Waals surface area contributed by atoms with Gasteiger partial charge in [-0.25, -0.2) is 0 Å². The van der Waals surface area contributed by atoms with Crippen molar-refractivity contribution in [2.45, 2.75) is 40.0 Å². The molecule has 0 spiro atoms. The van der Waals surface area contributed by atoms with Crippen LogP contribution in [0.5, 0.6) is 5.75 Å². The van der Waals surface area contributed by atoms with E-state index in [4.69, 9.17) is 4.74 Å². The van der Waals surface area contributed by atoms with Crippen molar-refractivity contribution in [2.24, 2.45) is 5.92 Å². The Labute approximate surface area is 144 Å². The third-order valence-electron chi connectivity index (χ3n) is 4.23. The second-order valence-corrected chi connectivity index (χ2v) is 6.16. The second kappa shape index (κ2) is 8.71. The van der Waals surface area contributed by atoms with Crippen LogP contribution >= 0.6 is 0 Å². The van der Waals surface area contributed by atoms with Crippen molar-refractivity contribution < 1.29 is 14.3 Å². The van der Waals surface area contributed by atoms with Crippen molar-refractivity contribution in [3.05, 3.63) is 24.3 Å². The Hall–Kier alpha value is -2.04. The van der Waals surface area contributed by atoms with Gasteiger partial charge in [0.15, 0.2) is 0 Å². The molecular weight excluding hydrogens is 304 g/mol. The predicted octanol–water partition coefficient (Wildman–Crippen LogP) is 3.09. The first-order valence-electron chi connectivity index (χ1n) is 8.92. The van der Waals surface area contributed by atoms with Crippen LogP contribution in [0.2, 0.25) is 0 Å². The number of rotatable bonds is 8. The number of benzene rings is 1. The lowest BCUT2D eigenvalue weighted by Crippen LogP contribution is -2.38. The Balaban J connectivity index is 2.05. The highest BCUT2D eigenvalue weighted by atomic mass is 16.5. The second-order valence-electron chi connectivity index (χ2n) is 6.16. The Bertz CT molecular complexity index is 550. The fraction of sp³-hybridized carbons (Fsp3) is 0.579. The van der Waals surface area contributed by atoms with Gasteiger partial charge in [-0.15, -0.1) is 0 Å². The Kier molecular flexibility index (Phi) is 6.64. The monoisotopic (exact) mass is 332 g/mol. The van der Waals surface area contributed by atoms with E-state index in [0.29, 0.717) is 19.6 Å². The lowest BCUT2D eigenvalue weighted by Gasteiger charge is -2.24. The molecule has 24 heavy (non-hydrogen) atoms. The summed E-state index contributed by atoms with van der Waals surface area (Å²) >= 11 is 0. The van der Waals surface area contributed by atoms with E-state index in [1.165, 1.54) is 0 Å². The van der Waals surface area contributed by atoms with E-state index in [2.05, 4.69) is 13.8 Å². The van der Waals surface area contributed by atoms with Crippen LogP contribution in [0.4, 0.5) is 5.69 Å². The van der Waals surface area contributed by atoms with Crippen LogP contribution < -0.4 is 9.64 Å². The minimum Gasteiger partial charge on any atom is -0.494 e. The molecule has 1 aliphatic heterocycles. The molecule has 0 aromatic heterocycles. The normalized spacial score (nSPS) is 17.2. The highest BCUT2D eigenvalue weighted by Crippen LogP contribution is 2.28. The van der Waals surface area contributed by atoms with Gasteiger partial charge >= 0.3 is 0 Å². The van der Waals surface area contributed by atoms with Crippen LogP contribution in [0.15, 0.2) is 24.3 Å². The lowest BCUT2D eigenvalue weighted by molar-refractivity contribution is -0.135. The topological polar surface area (TPSA) is 49.9 Å². The van der Waals surface area contributed by atoms with Crippen LogP contribution in [0.25, 0.3) is 0 Å². The van der Waals surface area contributed by atoms with Crippen molar-refractivity contribution in [3.63, 3.8) is 0 Å². The van der Waals surface area contributed by atoms with Crippen LogP contribution in [0.1, 0.15) is 40.0 Å². The van der Waals surface area contributed by atoms with Crippen LogP contribution in [0.3, 0.4) is 0 Å². The number of hydrogen-bond acceptors (Lipinski definition) is 3. The van der Waals surface area contributed by atoms with E-state index in [-0.39, 0.29) is 17.7 Å². The molecule has 0 unspecified atom stereocenters. The van der Waals surface area contributed by atoms with Gasteiger partial charge in [-0.3, -0.25) is 9.59 Å². The molecule has 0 aliphatic carbocycles. The Morgan fingerprint density at radius 3 is 2.33 bits per heavy atom. The van der Waals surface area contributed by atoms with Crippen molar-refractivity contribution in [2.75, 3.05) is 31.1 Å². The molecule has 1 atom stereocenters. The zero-order valence-corrected chi connectivity index (χ0v) is 15.0. The molecule has 2 rings (SSSR count). The maximum atomic E-state index is 12.7. The van der Waals surface area contributed by atoms with Gasteiger partial charge in [0.25, 0.3) is 0 Å². The Morgan fingerprint density at radius 1 is 1.17 bits per heavy atom. The molecule has 1 fully saturated rings. The molecule has 5 nitrogen and oxygen atoms in total. The highest BCUT2D eigenvalue weighted by molar-refractivity contribution is 6.00. The van der Waals surface area contributed by atoms with Gasteiger partial charge in [0.05, 0.1) is 12.5 Å². The molecule has 2 amide bonds. The lowest BCUT2D eigenvalue weighted by atomic mass is 10.1. The maximum Gasteiger partial charge on any atom is 0.228 e. The summed E-state index contributed by atoms with van der Waals surface area (Å²) in [5.74, 6) is 0.686. The van der Waals surface area contributed by atoms with E-state index < -0.39 is 0 Å². The summed E-state index contributed by atoms with van der Waals surface area (Å²) in [5.41, 5.74) is 0.830. The summed E-state index contributed by atoms with van der Waals surface area (Å²) in [6, 6.07) is 7.49. The molecule has 0 N–H and O–H groups in total. The summed E-state index contributed by atoms with van der Waals surface area (Å²) < 4.78 is 5.43. The first kappa shape index (κ1) is 18.3. The Morgan fingerprint density at radius 2 is 1.79 bits per heavy atom. The molecule has 1 aromatic carbocycles. The minimum absolute atomic E-state index is 0.0189. The summed E-state index contributed by atoms with van der Waals surface area (Å²) in [7, 11) is 0. The van der Waals surface area contributed by atoms with Gasteiger partial charge in [0.1, 0.15) is 5.75 Å². The van der Waals surface area contributed by atoms with Gasteiger partial charge in [0, 0.05) is 31.7 Å². The molecule has 132 valence electrons. The summed E-state index contributed by atoms with van der Waals surface area (Å²) in [4.78, 5) is 28.7. The zero-order valence-electron chi connectivity index (χ0n) is 15.0. The highest BCUT2D eigenvalue weighted by Gasteiger charge is 2.36. The third-order valence-corrected chi connectivity index (χ3v) is 4.23. The standard InChI is InChI=1S/C19H28N2O3/c1-4-11-20(12-5-2)19(23)15-13-18(22)21(14-15)16-7-9-17(10-8-16)24-6-3/h7-10,15H,4-6,11-14H2,1-3H3/t15-/m1/s1. The van der Waals surface area contributed by atoms with E-state index in [1.54, 1.807) is 4.90 Å². The van der Waals surface area contributed by atoms with Crippen molar-refractivity contribution in [1.82, 2.24) is 4.90 Å². The number of ether oxygens (including phenoxy) is 1. The molecule has 1 aromatic rings. The molecule has 1 saturated heterocycles. The van der Waals surface area contributed by atoms with E-state index in [1.807, 2.05) is 36.1 Å². The molecule has 1 aliphatic rings. The van der Waals surface area contributed by atoms with Crippen LogP contribution in [0, 0.1) is 5.92 Å². The largest absolute Gasteiger partial charge is 0.494 e. The third kappa shape index (κ3) is 4.28. The predicted molar refractivity (Wildman–Crippen MR) is 95.2 cm³/mol. The molecule has 5 heteroatoms. The van der Waals surface area contributed by atoms with Crippen molar-refractivity contribution >= 4 is 17.5 Å². The molecule has 1 heterocycles. The number of nitrogens with zero attached hydrogens (tertiary/aromatic N) is 2. The van der Waals surface area contributed by atoms with E-state index in [0.717, 1.165) is 37.4 Å². The molecule has 0 saturated carbocycles. The summed E-state index contributed by atoms with van der Waals surface area (Å²) in [5, 5.41) is 0. The van der Waals surface area contributed by atoms with Gasteiger partial charge in [0.2, 0.25) is 11.8 Å². The van der Waals surface area contributed by atoms with E-state index >= 15 is 0 Å². The summed E-state index contributed by atoms with van der Waals surface area (Å²) in [6.07, 6.45) is 2.18. The van der Waals surface area contributed by atoms with Gasteiger partial charge in [-0.05, 0) is 44.0 Å². The van der Waals surface area contributed by atoms with Gasteiger partial charge < -0.3 is 14.5 Å². The zero-order chi connectivity index (χ0) is 17.5. The fourth-order valence-corrected chi connectivity index (χ4v) is 3.14. The smallest absolute Gasteiger partial charge is 0.228 e. The van der Waals surface area contributed by atoms with Crippen molar-refractivity contribution in [3.8, 4) is 5.75 Å². The van der Waals surface area contributed by atoms with Crippen LogP contribution in [-0.4, -0.2) is 43.0 Å². The number of carbonyl (C=O) groups excluding carboxylic acids is 2. The first-order chi connectivity index (χ1) is 11.6. The molecule has 0 bridgehead atoms. The first-order valence-corrected chi connectivity index (χ1v) is 8.92.